The summed E-state index contributed by atoms with van der Waals surface area (Å²) in [6.45, 7) is 5.95. The van der Waals surface area contributed by atoms with Crippen LogP contribution in [0.2, 0.25) is 0 Å². The second-order valence-electron chi connectivity index (χ2n) is 7.82. The largest absolute Gasteiger partial charge is 0.493 e. The van der Waals surface area contributed by atoms with E-state index >= 15 is 0 Å². The van der Waals surface area contributed by atoms with Gasteiger partial charge in [-0.15, -0.1) is 0 Å². The zero-order chi connectivity index (χ0) is 24.5. The molecular weight excluding hydrogens is 434 g/mol. The van der Waals surface area contributed by atoms with E-state index in [2.05, 4.69) is 29.4 Å². The summed E-state index contributed by atoms with van der Waals surface area (Å²) in [6.07, 6.45) is 4.45. The van der Waals surface area contributed by atoms with Gasteiger partial charge in [0.15, 0.2) is 18.1 Å². The predicted molar refractivity (Wildman–Crippen MR) is 129 cm³/mol. The highest BCUT2D eigenvalue weighted by Crippen LogP contribution is 2.29. The lowest BCUT2D eigenvalue weighted by Crippen LogP contribution is -2.25. The first-order chi connectivity index (χ1) is 16.4. The number of hydrogen-bond acceptors (Lipinski definition) is 7. The summed E-state index contributed by atoms with van der Waals surface area (Å²) in [6, 6.07) is 14.1. The topological polar surface area (TPSA) is 99.1 Å². The third kappa shape index (κ3) is 6.65. The highest BCUT2D eigenvalue weighted by molar-refractivity contribution is 5.91. The molecule has 0 aliphatic heterocycles. The molecule has 0 unspecified atom stereocenters. The fourth-order valence-electron chi connectivity index (χ4n) is 3.09. The maximum absolute atomic E-state index is 12.3. The van der Waals surface area contributed by atoms with Crippen molar-refractivity contribution in [3.05, 3.63) is 83.2 Å². The molecule has 3 aromatic rings. The Bertz CT molecular complexity index is 1180. The van der Waals surface area contributed by atoms with Crippen LogP contribution in [0.15, 0.2) is 66.0 Å². The van der Waals surface area contributed by atoms with Gasteiger partial charge in [-0.2, -0.15) is 5.10 Å². The molecule has 1 heterocycles. The van der Waals surface area contributed by atoms with E-state index < -0.39 is 5.97 Å². The molecule has 1 aromatic heterocycles. The second kappa shape index (κ2) is 11.6. The lowest BCUT2D eigenvalue weighted by Gasteiger charge is -2.14. The number of carbonyl (C=O) groups is 2. The maximum atomic E-state index is 12.3. The van der Waals surface area contributed by atoms with Crippen molar-refractivity contribution < 1.29 is 23.8 Å². The molecule has 0 radical (unpaired) electrons. The van der Waals surface area contributed by atoms with E-state index in [9.17, 15) is 9.59 Å². The standard InChI is InChI=1S/C26H27N3O5/c1-17(2)21-9-7-18(3)12-23(21)33-16-25(30)29-28-14-19-8-10-22(24(13-19)32-4)34-26(31)20-6-5-11-27-15-20/h5-15,17H,16H2,1-4H3,(H,29,30)/b28-14+. The minimum Gasteiger partial charge on any atom is -0.493 e. The summed E-state index contributed by atoms with van der Waals surface area (Å²) in [7, 11) is 1.47. The molecule has 0 aliphatic carbocycles. The summed E-state index contributed by atoms with van der Waals surface area (Å²) in [5, 5.41) is 3.97. The van der Waals surface area contributed by atoms with Gasteiger partial charge in [0, 0.05) is 12.4 Å². The minimum atomic E-state index is -0.547. The molecule has 8 nitrogen and oxygen atoms in total. The first-order valence-corrected chi connectivity index (χ1v) is 10.7. The first kappa shape index (κ1) is 24.4. The number of benzene rings is 2. The summed E-state index contributed by atoms with van der Waals surface area (Å²) in [5.41, 5.74) is 5.50. The van der Waals surface area contributed by atoms with Crippen LogP contribution in [0.5, 0.6) is 17.2 Å². The Hall–Kier alpha value is -4.20. The van der Waals surface area contributed by atoms with E-state index in [0.29, 0.717) is 22.6 Å². The Morgan fingerprint density at radius 2 is 1.91 bits per heavy atom. The van der Waals surface area contributed by atoms with Gasteiger partial charge in [-0.05, 0) is 65.9 Å². The molecule has 1 N–H and O–H groups in total. The molecule has 0 fully saturated rings. The minimum absolute atomic E-state index is 0.160. The number of carbonyl (C=O) groups excluding carboxylic acids is 2. The Morgan fingerprint density at radius 3 is 2.62 bits per heavy atom. The van der Waals surface area contributed by atoms with E-state index in [1.807, 2.05) is 25.1 Å². The van der Waals surface area contributed by atoms with Crippen molar-refractivity contribution in [2.24, 2.45) is 5.10 Å². The highest BCUT2D eigenvalue weighted by atomic mass is 16.6. The number of pyridine rings is 1. The van der Waals surface area contributed by atoms with Crippen molar-refractivity contribution >= 4 is 18.1 Å². The molecule has 0 aliphatic rings. The molecule has 0 saturated heterocycles. The van der Waals surface area contributed by atoms with Gasteiger partial charge < -0.3 is 14.2 Å². The number of nitrogens with zero attached hydrogens (tertiary/aromatic N) is 2. The third-order valence-electron chi connectivity index (χ3n) is 4.84. The number of nitrogens with one attached hydrogen (secondary N) is 1. The van der Waals surface area contributed by atoms with Crippen molar-refractivity contribution in [2.45, 2.75) is 26.7 Å². The Morgan fingerprint density at radius 1 is 1.09 bits per heavy atom. The van der Waals surface area contributed by atoms with Gasteiger partial charge in [-0.25, -0.2) is 10.2 Å². The number of esters is 1. The predicted octanol–water partition coefficient (Wildman–Crippen LogP) is 4.27. The Kier molecular flexibility index (Phi) is 8.34. The van der Waals surface area contributed by atoms with E-state index in [4.69, 9.17) is 14.2 Å². The van der Waals surface area contributed by atoms with Crippen LogP contribution in [0, 0.1) is 6.92 Å². The average molecular weight is 462 g/mol. The molecule has 0 bridgehead atoms. The number of ether oxygens (including phenoxy) is 3. The number of aromatic nitrogens is 1. The number of amides is 1. The van der Waals surface area contributed by atoms with Gasteiger partial charge in [-0.1, -0.05) is 26.0 Å². The SMILES string of the molecule is COc1cc(/C=N/NC(=O)COc2cc(C)ccc2C(C)C)ccc1OC(=O)c1cccnc1. The van der Waals surface area contributed by atoms with Gasteiger partial charge in [0.2, 0.25) is 0 Å². The van der Waals surface area contributed by atoms with Crippen LogP contribution in [0.25, 0.3) is 0 Å². The maximum Gasteiger partial charge on any atom is 0.345 e. The molecule has 0 saturated carbocycles. The highest BCUT2D eigenvalue weighted by Gasteiger charge is 2.13. The van der Waals surface area contributed by atoms with Crippen LogP contribution in [0.3, 0.4) is 0 Å². The van der Waals surface area contributed by atoms with Crippen LogP contribution < -0.4 is 19.6 Å². The summed E-state index contributed by atoms with van der Waals surface area (Å²) in [4.78, 5) is 28.3. The van der Waals surface area contributed by atoms with Gasteiger partial charge >= 0.3 is 5.97 Å². The quantitative estimate of drug-likeness (QED) is 0.221. The zero-order valence-corrected chi connectivity index (χ0v) is 19.6. The van der Waals surface area contributed by atoms with E-state index in [0.717, 1.165) is 11.1 Å². The zero-order valence-electron chi connectivity index (χ0n) is 19.6. The monoisotopic (exact) mass is 461 g/mol. The number of hydrazone groups is 1. The van der Waals surface area contributed by atoms with E-state index in [1.54, 1.807) is 36.5 Å². The van der Waals surface area contributed by atoms with Crippen LogP contribution in [-0.4, -0.2) is 36.8 Å². The smallest absolute Gasteiger partial charge is 0.345 e. The van der Waals surface area contributed by atoms with Gasteiger partial charge in [0.05, 0.1) is 18.9 Å². The van der Waals surface area contributed by atoms with Gasteiger partial charge in [0.25, 0.3) is 5.91 Å². The average Bonchev–Trinajstić information content (AvgIpc) is 2.83. The Balaban J connectivity index is 1.58. The Labute approximate surface area is 198 Å². The normalized spacial score (nSPS) is 10.9. The fourth-order valence-corrected chi connectivity index (χ4v) is 3.09. The summed E-state index contributed by atoms with van der Waals surface area (Å²) < 4.78 is 16.4. The van der Waals surface area contributed by atoms with Crippen molar-refractivity contribution in [3.8, 4) is 17.2 Å². The fraction of sp³-hybridized carbons (Fsp3) is 0.231. The molecule has 3 rings (SSSR count). The summed E-state index contributed by atoms with van der Waals surface area (Å²) >= 11 is 0. The molecule has 2 aromatic carbocycles. The van der Waals surface area contributed by atoms with E-state index in [-0.39, 0.29) is 24.2 Å². The van der Waals surface area contributed by atoms with Crippen molar-refractivity contribution in [2.75, 3.05) is 13.7 Å². The number of aryl methyl sites for hydroxylation is 1. The first-order valence-electron chi connectivity index (χ1n) is 10.7. The van der Waals surface area contributed by atoms with E-state index in [1.165, 1.54) is 19.5 Å². The van der Waals surface area contributed by atoms with Crippen LogP contribution in [0.4, 0.5) is 0 Å². The molecule has 0 spiro atoms. The number of methoxy groups -OCH3 is 1. The molecule has 34 heavy (non-hydrogen) atoms. The molecule has 176 valence electrons. The molecular formula is C26H27N3O5. The lowest BCUT2D eigenvalue weighted by atomic mass is 10.0. The third-order valence-corrected chi connectivity index (χ3v) is 4.84. The van der Waals surface area contributed by atoms with Crippen molar-refractivity contribution in [3.63, 3.8) is 0 Å². The number of rotatable bonds is 9. The molecule has 8 heteroatoms. The summed E-state index contributed by atoms with van der Waals surface area (Å²) in [5.74, 6) is 0.630. The molecule has 0 atom stereocenters. The molecule has 1 amide bonds. The number of hydrogen-bond donors (Lipinski definition) is 1. The van der Waals surface area contributed by atoms with Gasteiger partial charge in [0.1, 0.15) is 5.75 Å². The van der Waals surface area contributed by atoms with Crippen LogP contribution >= 0.6 is 0 Å². The van der Waals surface area contributed by atoms with Crippen molar-refractivity contribution in [1.82, 2.24) is 10.4 Å². The lowest BCUT2D eigenvalue weighted by molar-refractivity contribution is -0.123. The van der Waals surface area contributed by atoms with Crippen LogP contribution in [0.1, 0.15) is 46.8 Å². The van der Waals surface area contributed by atoms with Crippen LogP contribution in [-0.2, 0) is 4.79 Å². The van der Waals surface area contributed by atoms with Gasteiger partial charge in [-0.3, -0.25) is 9.78 Å². The van der Waals surface area contributed by atoms with Crippen molar-refractivity contribution in [1.29, 1.82) is 0 Å². The second-order valence-corrected chi connectivity index (χ2v) is 7.82.